The lowest BCUT2D eigenvalue weighted by atomic mass is 10.0. The van der Waals surface area contributed by atoms with E-state index >= 15 is 0 Å². The molecule has 4 nitrogen and oxygen atoms in total. The minimum Gasteiger partial charge on any atom is -0.379 e. The van der Waals surface area contributed by atoms with E-state index in [0.29, 0.717) is 6.54 Å². The van der Waals surface area contributed by atoms with Crippen LogP contribution in [0.2, 0.25) is 0 Å². The molecule has 1 saturated heterocycles. The van der Waals surface area contributed by atoms with Gasteiger partial charge in [-0.2, -0.15) is 11.3 Å². The first-order valence-electron chi connectivity index (χ1n) is 8.93. The monoisotopic (exact) mass is 366 g/mol. The zero-order valence-electron chi connectivity index (χ0n) is 14.6. The van der Waals surface area contributed by atoms with E-state index in [1.54, 1.807) is 11.3 Å². The fourth-order valence-corrected chi connectivity index (χ4v) is 4.23. The van der Waals surface area contributed by atoms with Gasteiger partial charge in [0, 0.05) is 25.2 Å². The van der Waals surface area contributed by atoms with Gasteiger partial charge in [-0.25, -0.2) is 0 Å². The zero-order valence-corrected chi connectivity index (χ0v) is 15.4. The number of thiophene rings is 1. The Labute approximate surface area is 157 Å². The molecule has 1 aromatic heterocycles. The van der Waals surface area contributed by atoms with Crippen LogP contribution in [0.15, 0.2) is 59.3 Å². The third-order valence-corrected chi connectivity index (χ3v) is 5.61. The second-order valence-electron chi connectivity index (χ2n) is 6.46. The molecular weight excluding hydrogens is 344 g/mol. The molecule has 0 unspecified atom stereocenters. The minimum atomic E-state index is -0.0183. The Morgan fingerprint density at radius 1 is 1.12 bits per heavy atom. The van der Waals surface area contributed by atoms with Gasteiger partial charge in [-0.1, -0.05) is 36.4 Å². The number of carbonyl (C=O) groups is 1. The minimum absolute atomic E-state index is 0.0183. The molecule has 1 N–H and O–H groups in total. The molecule has 4 rings (SSSR count). The van der Waals surface area contributed by atoms with Crippen LogP contribution in [0.3, 0.4) is 0 Å². The van der Waals surface area contributed by atoms with Crippen LogP contribution in [0.4, 0.5) is 0 Å². The zero-order chi connectivity index (χ0) is 17.8. The van der Waals surface area contributed by atoms with E-state index in [4.69, 9.17) is 4.74 Å². The topological polar surface area (TPSA) is 41.6 Å². The summed E-state index contributed by atoms with van der Waals surface area (Å²) >= 11 is 1.69. The van der Waals surface area contributed by atoms with Crippen molar-refractivity contribution in [3.8, 4) is 0 Å². The van der Waals surface area contributed by atoms with Gasteiger partial charge >= 0.3 is 0 Å². The Balaban J connectivity index is 1.52. The lowest BCUT2D eigenvalue weighted by Crippen LogP contribution is -2.43. The van der Waals surface area contributed by atoms with Gasteiger partial charge in [0.05, 0.1) is 19.3 Å². The third kappa shape index (κ3) is 3.65. The van der Waals surface area contributed by atoms with Crippen molar-refractivity contribution >= 4 is 28.0 Å². The summed E-state index contributed by atoms with van der Waals surface area (Å²) < 4.78 is 5.48. The highest BCUT2D eigenvalue weighted by Gasteiger charge is 2.24. The molecule has 5 heteroatoms. The van der Waals surface area contributed by atoms with Crippen LogP contribution in [-0.2, 0) is 4.74 Å². The van der Waals surface area contributed by atoms with Crippen molar-refractivity contribution in [3.05, 3.63) is 70.4 Å². The molecule has 1 fully saturated rings. The molecule has 3 aromatic rings. The van der Waals surface area contributed by atoms with Gasteiger partial charge in [-0.05, 0) is 39.2 Å². The SMILES string of the molecule is O=C(NC[C@H](c1ccsc1)N1CCOCC1)c1cccc2ccccc12. The smallest absolute Gasteiger partial charge is 0.251 e. The molecule has 1 atom stereocenters. The van der Waals surface area contributed by atoms with Gasteiger partial charge < -0.3 is 10.1 Å². The van der Waals surface area contributed by atoms with E-state index in [2.05, 4.69) is 27.0 Å². The average molecular weight is 366 g/mol. The quantitative estimate of drug-likeness (QED) is 0.749. The number of hydrogen-bond donors (Lipinski definition) is 1. The number of carbonyl (C=O) groups excluding carboxylic acids is 1. The molecule has 0 saturated carbocycles. The van der Waals surface area contributed by atoms with Crippen molar-refractivity contribution in [2.24, 2.45) is 0 Å². The second-order valence-corrected chi connectivity index (χ2v) is 7.24. The Kier molecular flexibility index (Phi) is 5.29. The van der Waals surface area contributed by atoms with E-state index in [1.807, 2.05) is 42.5 Å². The lowest BCUT2D eigenvalue weighted by molar-refractivity contribution is 0.0163. The summed E-state index contributed by atoms with van der Waals surface area (Å²) in [6.07, 6.45) is 0. The summed E-state index contributed by atoms with van der Waals surface area (Å²) in [5.41, 5.74) is 1.99. The van der Waals surface area contributed by atoms with E-state index in [9.17, 15) is 4.79 Å². The van der Waals surface area contributed by atoms with Gasteiger partial charge in [0.1, 0.15) is 0 Å². The van der Waals surface area contributed by atoms with Crippen molar-refractivity contribution in [1.29, 1.82) is 0 Å². The first-order valence-corrected chi connectivity index (χ1v) is 9.87. The van der Waals surface area contributed by atoms with E-state index in [1.165, 1.54) is 5.56 Å². The fraction of sp³-hybridized carbons (Fsp3) is 0.286. The molecule has 1 amide bonds. The molecule has 1 aliphatic heterocycles. The molecule has 134 valence electrons. The fourth-order valence-electron chi connectivity index (χ4n) is 3.52. The maximum Gasteiger partial charge on any atom is 0.251 e. The maximum absolute atomic E-state index is 12.9. The molecule has 1 aliphatic rings. The number of fused-ring (bicyclic) bond motifs is 1. The predicted molar refractivity (Wildman–Crippen MR) is 106 cm³/mol. The number of nitrogens with zero attached hydrogens (tertiary/aromatic N) is 1. The lowest BCUT2D eigenvalue weighted by Gasteiger charge is -2.34. The highest BCUT2D eigenvalue weighted by atomic mass is 32.1. The molecule has 0 spiro atoms. The third-order valence-electron chi connectivity index (χ3n) is 4.90. The van der Waals surface area contributed by atoms with Crippen LogP contribution in [-0.4, -0.2) is 43.7 Å². The van der Waals surface area contributed by atoms with Gasteiger partial charge in [0.25, 0.3) is 5.91 Å². The number of benzene rings is 2. The summed E-state index contributed by atoms with van der Waals surface area (Å²) in [7, 11) is 0. The molecule has 0 aliphatic carbocycles. The average Bonchev–Trinajstić information content (AvgIpc) is 3.23. The normalized spacial score (nSPS) is 16.5. The largest absolute Gasteiger partial charge is 0.379 e. The van der Waals surface area contributed by atoms with Gasteiger partial charge in [-0.3, -0.25) is 9.69 Å². The summed E-state index contributed by atoms with van der Waals surface area (Å²) in [4.78, 5) is 15.3. The van der Waals surface area contributed by atoms with Gasteiger partial charge in [-0.15, -0.1) is 0 Å². The van der Waals surface area contributed by atoms with E-state index in [-0.39, 0.29) is 11.9 Å². The summed E-state index contributed by atoms with van der Waals surface area (Å²) in [5, 5.41) is 9.50. The molecule has 2 aromatic carbocycles. The van der Waals surface area contributed by atoms with Crippen LogP contribution < -0.4 is 5.32 Å². The number of amides is 1. The number of rotatable bonds is 5. The van der Waals surface area contributed by atoms with Crippen molar-refractivity contribution in [1.82, 2.24) is 10.2 Å². The van der Waals surface area contributed by atoms with Crippen molar-refractivity contribution in [2.75, 3.05) is 32.8 Å². The molecular formula is C21H22N2O2S. The number of ether oxygens (including phenoxy) is 1. The van der Waals surface area contributed by atoms with Crippen molar-refractivity contribution in [3.63, 3.8) is 0 Å². The first kappa shape index (κ1) is 17.2. The van der Waals surface area contributed by atoms with Crippen LogP contribution in [0.1, 0.15) is 22.0 Å². The second kappa shape index (κ2) is 7.99. The molecule has 0 radical (unpaired) electrons. The Bertz CT molecular complexity index is 867. The van der Waals surface area contributed by atoms with Gasteiger partial charge in [0.15, 0.2) is 0 Å². The van der Waals surface area contributed by atoms with E-state index < -0.39 is 0 Å². The van der Waals surface area contributed by atoms with Crippen LogP contribution in [0.25, 0.3) is 10.8 Å². The van der Waals surface area contributed by atoms with Crippen LogP contribution >= 0.6 is 11.3 Å². The molecule has 0 bridgehead atoms. The molecule has 2 heterocycles. The highest BCUT2D eigenvalue weighted by Crippen LogP contribution is 2.24. The van der Waals surface area contributed by atoms with E-state index in [0.717, 1.165) is 42.6 Å². The summed E-state index contributed by atoms with van der Waals surface area (Å²) in [6.45, 7) is 3.88. The summed E-state index contributed by atoms with van der Waals surface area (Å²) in [6, 6.07) is 16.2. The highest BCUT2D eigenvalue weighted by molar-refractivity contribution is 7.07. The number of hydrogen-bond acceptors (Lipinski definition) is 4. The Morgan fingerprint density at radius 3 is 2.73 bits per heavy atom. The molecule has 26 heavy (non-hydrogen) atoms. The van der Waals surface area contributed by atoms with Crippen LogP contribution in [0.5, 0.6) is 0 Å². The Hall–Kier alpha value is -2.21. The van der Waals surface area contributed by atoms with Crippen molar-refractivity contribution < 1.29 is 9.53 Å². The predicted octanol–water partition coefficient (Wildman–Crippen LogP) is 3.70. The standard InChI is InChI=1S/C21H22N2O2S/c24-21(19-7-3-5-16-4-1-2-6-18(16)19)22-14-20(17-8-13-26-15-17)23-9-11-25-12-10-23/h1-8,13,15,20H,9-12,14H2,(H,22,24)/t20-/m1/s1. The van der Waals surface area contributed by atoms with Gasteiger partial charge in [0.2, 0.25) is 0 Å². The Morgan fingerprint density at radius 2 is 1.92 bits per heavy atom. The number of nitrogens with one attached hydrogen (secondary N) is 1. The maximum atomic E-state index is 12.9. The first-order chi connectivity index (χ1) is 12.8. The van der Waals surface area contributed by atoms with Crippen LogP contribution in [0, 0.1) is 0 Å². The van der Waals surface area contributed by atoms with Crippen molar-refractivity contribution in [2.45, 2.75) is 6.04 Å². The summed E-state index contributed by atoms with van der Waals surface area (Å²) in [5.74, 6) is -0.0183. The number of morpholine rings is 1.